The van der Waals surface area contributed by atoms with E-state index in [1.54, 1.807) is 0 Å². The minimum absolute atomic E-state index is 0.0187. The molecule has 1 aliphatic carbocycles. The second-order valence-electron chi connectivity index (χ2n) is 7.23. The Kier molecular flexibility index (Phi) is 5.72. The number of hydrogen-bond donors (Lipinski definition) is 4. The van der Waals surface area contributed by atoms with Crippen LogP contribution in [0.15, 0.2) is 34.6 Å². The molecule has 2 heterocycles. The van der Waals surface area contributed by atoms with E-state index in [-0.39, 0.29) is 23.0 Å². The van der Waals surface area contributed by atoms with E-state index in [4.69, 9.17) is 0 Å². The number of aliphatic hydroxyl groups excluding tert-OH is 2. The lowest BCUT2D eigenvalue weighted by Gasteiger charge is -2.30. The summed E-state index contributed by atoms with van der Waals surface area (Å²) in [5.74, 6) is -0.667. The second-order valence-corrected chi connectivity index (χ2v) is 9.16. The fourth-order valence-electron chi connectivity index (χ4n) is 3.78. The molecule has 1 saturated carbocycles. The number of rotatable bonds is 3. The topological polar surface area (TPSA) is 116 Å². The molecular formula is C18H26N2O5S. The molecule has 8 heteroatoms. The third-order valence-corrected chi connectivity index (χ3v) is 6.57. The van der Waals surface area contributed by atoms with Crippen LogP contribution in [0.4, 0.5) is 0 Å². The highest BCUT2D eigenvalue weighted by Crippen LogP contribution is 2.31. The molecule has 0 radical (unpaired) electrons. The van der Waals surface area contributed by atoms with Crippen LogP contribution < -0.4 is 10.6 Å². The van der Waals surface area contributed by atoms with Crippen molar-refractivity contribution in [3.05, 3.63) is 34.6 Å². The Hall–Kier alpha value is -1.80. The van der Waals surface area contributed by atoms with Gasteiger partial charge < -0.3 is 20.8 Å². The molecular weight excluding hydrogens is 356 g/mol. The number of hydrogen-bond acceptors (Lipinski definition) is 6. The number of aliphatic hydroxyl groups is 2. The molecule has 0 aromatic rings. The standard InChI is InChI=1S/C18H26N2O5S/c21-15-10-14(17(22)19-13-8-9-26(24,25)11-13)18(23)20-16(15)12-6-4-2-1-3-5-7-12/h8-10,12-13,18,20-21,23H,1-7,11H2,(H,19,22)/t13-,18?/m1/s1. The van der Waals surface area contributed by atoms with Crippen molar-refractivity contribution >= 4 is 15.7 Å². The first-order valence-electron chi connectivity index (χ1n) is 9.17. The molecule has 4 N–H and O–H groups in total. The zero-order chi connectivity index (χ0) is 18.7. The van der Waals surface area contributed by atoms with E-state index < -0.39 is 28.0 Å². The Morgan fingerprint density at radius 3 is 2.42 bits per heavy atom. The lowest BCUT2D eigenvalue weighted by molar-refractivity contribution is -0.119. The number of carbonyl (C=O) groups excluding carboxylic acids is 1. The van der Waals surface area contributed by atoms with Crippen molar-refractivity contribution in [2.75, 3.05) is 5.75 Å². The van der Waals surface area contributed by atoms with Crippen molar-refractivity contribution in [2.24, 2.45) is 5.92 Å². The molecule has 144 valence electrons. The number of nitrogens with one attached hydrogen (secondary N) is 2. The first-order valence-corrected chi connectivity index (χ1v) is 10.9. The summed E-state index contributed by atoms with van der Waals surface area (Å²) < 4.78 is 22.8. The third-order valence-electron chi connectivity index (χ3n) is 5.18. The van der Waals surface area contributed by atoms with Gasteiger partial charge in [0.25, 0.3) is 5.91 Å². The molecule has 0 aromatic carbocycles. The van der Waals surface area contributed by atoms with E-state index in [0.717, 1.165) is 31.1 Å². The Balaban J connectivity index is 1.71. The summed E-state index contributed by atoms with van der Waals surface area (Å²) in [6, 6.07) is -0.626. The van der Waals surface area contributed by atoms with Gasteiger partial charge in [0.2, 0.25) is 0 Å². The molecule has 26 heavy (non-hydrogen) atoms. The SMILES string of the molecule is O=C(N[C@@H]1C=CS(=O)(=O)C1)C1=CC(O)=C(C2CCCCCCC2)NC1O. The van der Waals surface area contributed by atoms with Crippen molar-refractivity contribution in [1.29, 1.82) is 0 Å². The van der Waals surface area contributed by atoms with Crippen molar-refractivity contribution in [2.45, 2.75) is 57.2 Å². The minimum Gasteiger partial charge on any atom is -0.506 e. The van der Waals surface area contributed by atoms with Gasteiger partial charge in [-0.1, -0.05) is 32.1 Å². The maximum atomic E-state index is 12.4. The molecule has 0 bridgehead atoms. The van der Waals surface area contributed by atoms with Crippen molar-refractivity contribution in [3.8, 4) is 0 Å². The second kappa shape index (κ2) is 7.84. The monoisotopic (exact) mass is 382 g/mol. The van der Waals surface area contributed by atoms with Crippen molar-refractivity contribution < 1.29 is 23.4 Å². The van der Waals surface area contributed by atoms with Crippen molar-refractivity contribution in [1.82, 2.24) is 10.6 Å². The summed E-state index contributed by atoms with van der Waals surface area (Å²) in [6.45, 7) is 0. The smallest absolute Gasteiger partial charge is 0.252 e. The summed E-state index contributed by atoms with van der Waals surface area (Å²) >= 11 is 0. The molecule has 0 aromatic heterocycles. The predicted octanol–water partition coefficient (Wildman–Crippen LogP) is 1.39. The Morgan fingerprint density at radius 1 is 1.15 bits per heavy atom. The number of amides is 1. The normalized spacial score (nSPS) is 29.5. The summed E-state index contributed by atoms with van der Waals surface area (Å²) in [4.78, 5) is 12.4. The van der Waals surface area contributed by atoms with Crippen LogP contribution in [0, 0.1) is 5.92 Å². The first-order chi connectivity index (χ1) is 12.4. The highest BCUT2D eigenvalue weighted by Gasteiger charge is 2.31. The highest BCUT2D eigenvalue weighted by molar-refractivity contribution is 7.94. The third kappa shape index (κ3) is 4.48. The average molecular weight is 382 g/mol. The van der Waals surface area contributed by atoms with Crippen LogP contribution in [-0.4, -0.2) is 42.6 Å². The minimum atomic E-state index is -3.28. The van der Waals surface area contributed by atoms with Gasteiger partial charge in [0.1, 0.15) is 5.76 Å². The maximum absolute atomic E-state index is 12.4. The van der Waals surface area contributed by atoms with E-state index in [1.165, 1.54) is 31.4 Å². The van der Waals surface area contributed by atoms with E-state index in [0.29, 0.717) is 5.70 Å². The van der Waals surface area contributed by atoms with Crippen LogP contribution in [0.5, 0.6) is 0 Å². The zero-order valence-corrected chi connectivity index (χ0v) is 15.5. The molecule has 1 fully saturated rings. The van der Waals surface area contributed by atoms with Gasteiger partial charge in [-0.05, 0) is 25.0 Å². The van der Waals surface area contributed by atoms with Crippen molar-refractivity contribution in [3.63, 3.8) is 0 Å². The molecule has 7 nitrogen and oxygen atoms in total. The molecule has 3 rings (SSSR count). The molecule has 1 amide bonds. The maximum Gasteiger partial charge on any atom is 0.252 e. The van der Waals surface area contributed by atoms with Gasteiger partial charge in [0.15, 0.2) is 16.1 Å². The van der Waals surface area contributed by atoms with Gasteiger partial charge in [-0.2, -0.15) is 0 Å². The van der Waals surface area contributed by atoms with E-state index in [9.17, 15) is 23.4 Å². The molecule has 2 aliphatic heterocycles. The van der Waals surface area contributed by atoms with Crippen LogP contribution in [0.2, 0.25) is 0 Å². The molecule has 3 aliphatic rings. The number of allylic oxidation sites excluding steroid dienone is 2. The largest absolute Gasteiger partial charge is 0.506 e. The summed E-state index contributed by atoms with van der Waals surface area (Å²) in [7, 11) is -3.28. The van der Waals surface area contributed by atoms with Crippen LogP contribution in [-0.2, 0) is 14.6 Å². The molecule has 1 unspecified atom stereocenters. The van der Waals surface area contributed by atoms with Gasteiger partial charge in [0, 0.05) is 11.3 Å². The van der Waals surface area contributed by atoms with Gasteiger partial charge in [0.05, 0.1) is 23.1 Å². The van der Waals surface area contributed by atoms with E-state index >= 15 is 0 Å². The predicted molar refractivity (Wildman–Crippen MR) is 97.5 cm³/mol. The summed E-state index contributed by atoms with van der Waals surface area (Å²) in [6.07, 6.45) is 9.11. The number of sulfone groups is 1. The van der Waals surface area contributed by atoms with Gasteiger partial charge >= 0.3 is 0 Å². The highest BCUT2D eigenvalue weighted by atomic mass is 32.2. The van der Waals surface area contributed by atoms with Gasteiger partial charge in [-0.3, -0.25) is 4.79 Å². The summed E-state index contributed by atoms with van der Waals surface area (Å²) in [5, 5.41) is 27.3. The number of dihydropyridines is 1. The fourth-order valence-corrected chi connectivity index (χ4v) is 5.02. The van der Waals surface area contributed by atoms with Crippen LogP contribution in [0.1, 0.15) is 44.9 Å². The molecule has 0 spiro atoms. The Bertz CT molecular complexity index is 746. The average Bonchev–Trinajstić information content (AvgIpc) is 2.88. The van der Waals surface area contributed by atoms with Crippen LogP contribution in [0.25, 0.3) is 0 Å². The van der Waals surface area contributed by atoms with E-state index in [2.05, 4.69) is 10.6 Å². The van der Waals surface area contributed by atoms with Crippen LogP contribution >= 0.6 is 0 Å². The lowest BCUT2D eigenvalue weighted by Crippen LogP contribution is -2.45. The van der Waals surface area contributed by atoms with Crippen LogP contribution in [0.3, 0.4) is 0 Å². The molecule has 2 atom stereocenters. The first kappa shape index (κ1) is 19.0. The van der Waals surface area contributed by atoms with Gasteiger partial charge in [-0.25, -0.2) is 8.42 Å². The fraction of sp³-hybridized carbons (Fsp3) is 0.611. The molecule has 0 saturated heterocycles. The zero-order valence-electron chi connectivity index (χ0n) is 14.6. The quantitative estimate of drug-likeness (QED) is 0.586. The number of carbonyl (C=O) groups is 1. The Morgan fingerprint density at radius 2 is 1.81 bits per heavy atom. The summed E-state index contributed by atoms with van der Waals surface area (Å²) in [5.41, 5.74) is 0.578. The lowest BCUT2D eigenvalue weighted by atomic mass is 9.87. The van der Waals surface area contributed by atoms with Gasteiger partial charge in [-0.15, -0.1) is 0 Å². The Labute approximate surface area is 153 Å². The van der Waals surface area contributed by atoms with E-state index in [1.807, 2.05) is 0 Å².